The quantitative estimate of drug-likeness (QED) is 0.676. The van der Waals surface area contributed by atoms with E-state index in [1.807, 2.05) is 12.1 Å². The van der Waals surface area contributed by atoms with Gasteiger partial charge in [-0.1, -0.05) is 13.0 Å². The number of benzene rings is 1. The molecule has 1 aliphatic heterocycles. The van der Waals surface area contributed by atoms with Crippen LogP contribution in [0.3, 0.4) is 0 Å². The Morgan fingerprint density at radius 1 is 1.50 bits per heavy atom. The molecule has 0 amide bonds. The second kappa shape index (κ2) is 3.71. The van der Waals surface area contributed by atoms with Crippen molar-refractivity contribution in [3.63, 3.8) is 0 Å². The molecule has 14 heavy (non-hydrogen) atoms. The van der Waals surface area contributed by atoms with Gasteiger partial charge in [-0.25, -0.2) is 0 Å². The third-order valence-corrected chi connectivity index (χ3v) is 2.68. The number of nitriles is 1. The van der Waals surface area contributed by atoms with Crippen LogP contribution < -0.4 is 4.74 Å². The normalized spacial score (nSPS) is 14.0. The van der Waals surface area contributed by atoms with Crippen LogP contribution in [-0.2, 0) is 12.8 Å². The zero-order valence-electron chi connectivity index (χ0n) is 8.34. The van der Waals surface area contributed by atoms with E-state index >= 15 is 0 Å². The first-order valence-electron chi connectivity index (χ1n) is 5.04. The lowest BCUT2D eigenvalue weighted by Gasteiger charge is -2.20. The van der Waals surface area contributed by atoms with E-state index in [9.17, 15) is 0 Å². The highest BCUT2D eigenvalue weighted by Gasteiger charge is 2.17. The zero-order chi connectivity index (χ0) is 9.97. The first-order chi connectivity index (χ1) is 6.86. The number of fused-ring (bicyclic) bond motifs is 1. The summed E-state index contributed by atoms with van der Waals surface area (Å²) in [5.41, 5.74) is 3.24. The zero-order valence-corrected chi connectivity index (χ0v) is 8.34. The lowest BCUT2D eigenvalue weighted by Crippen LogP contribution is -2.11. The summed E-state index contributed by atoms with van der Waals surface area (Å²) in [7, 11) is 0. The number of ether oxygens (including phenoxy) is 1. The summed E-state index contributed by atoms with van der Waals surface area (Å²) in [4.78, 5) is 0. The Bertz CT molecular complexity index is 390. The van der Waals surface area contributed by atoms with Gasteiger partial charge in [-0.2, -0.15) is 5.26 Å². The molecule has 2 rings (SSSR count). The number of aryl methyl sites for hydroxylation is 1. The standard InChI is InChI=1S/C12H13NO/c1-2-9-5-6-10(8-13)12-11(9)4-3-7-14-12/h5-6H,2-4,7H2,1H3. The molecule has 0 spiro atoms. The van der Waals surface area contributed by atoms with Crippen LogP contribution in [0.4, 0.5) is 0 Å². The Balaban J connectivity index is 2.57. The predicted molar refractivity (Wildman–Crippen MR) is 54.4 cm³/mol. The van der Waals surface area contributed by atoms with Crippen molar-refractivity contribution in [3.8, 4) is 11.8 Å². The van der Waals surface area contributed by atoms with Crippen molar-refractivity contribution in [1.82, 2.24) is 0 Å². The summed E-state index contributed by atoms with van der Waals surface area (Å²) >= 11 is 0. The van der Waals surface area contributed by atoms with Crippen LogP contribution in [0.1, 0.15) is 30.0 Å². The minimum Gasteiger partial charge on any atom is -0.492 e. The number of nitrogens with zero attached hydrogens (tertiary/aromatic N) is 1. The van der Waals surface area contributed by atoms with Gasteiger partial charge < -0.3 is 4.74 Å². The highest BCUT2D eigenvalue weighted by atomic mass is 16.5. The lowest BCUT2D eigenvalue weighted by atomic mass is 9.95. The molecule has 2 heteroatoms. The van der Waals surface area contributed by atoms with Crippen molar-refractivity contribution < 1.29 is 4.74 Å². The van der Waals surface area contributed by atoms with Crippen LogP contribution in [0.5, 0.6) is 5.75 Å². The smallest absolute Gasteiger partial charge is 0.140 e. The molecule has 0 aromatic heterocycles. The van der Waals surface area contributed by atoms with Crippen molar-refractivity contribution in [2.45, 2.75) is 26.2 Å². The van der Waals surface area contributed by atoms with Gasteiger partial charge in [0.05, 0.1) is 12.2 Å². The third-order valence-electron chi connectivity index (χ3n) is 2.68. The Morgan fingerprint density at radius 2 is 2.36 bits per heavy atom. The maximum absolute atomic E-state index is 8.93. The Morgan fingerprint density at radius 3 is 3.07 bits per heavy atom. The SMILES string of the molecule is CCc1ccc(C#N)c2c1CCCO2. The molecule has 1 aliphatic rings. The van der Waals surface area contributed by atoms with Crippen LogP contribution in [0.2, 0.25) is 0 Å². The van der Waals surface area contributed by atoms with Crippen molar-refractivity contribution in [3.05, 3.63) is 28.8 Å². The van der Waals surface area contributed by atoms with Gasteiger partial charge in [0, 0.05) is 0 Å². The fraction of sp³-hybridized carbons (Fsp3) is 0.417. The highest BCUT2D eigenvalue weighted by Crippen LogP contribution is 2.31. The molecule has 0 saturated heterocycles. The van der Waals surface area contributed by atoms with Crippen molar-refractivity contribution in [1.29, 1.82) is 5.26 Å². The van der Waals surface area contributed by atoms with E-state index in [1.165, 1.54) is 11.1 Å². The van der Waals surface area contributed by atoms with Crippen LogP contribution in [0.15, 0.2) is 12.1 Å². The summed E-state index contributed by atoms with van der Waals surface area (Å²) in [6, 6.07) is 6.09. The van der Waals surface area contributed by atoms with Gasteiger partial charge >= 0.3 is 0 Å². The van der Waals surface area contributed by atoms with Gasteiger partial charge in [0.15, 0.2) is 0 Å². The number of rotatable bonds is 1. The Kier molecular flexibility index (Phi) is 2.41. The molecular weight excluding hydrogens is 174 g/mol. The minimum absolute atomic E-state index is 0.678. The average Bonchev–Trinajstić information content (AvgIpc) is 2.27. The van der Waals surface area contributed by atoms with Crippen molar-refractivity contribution in [2.24, 2.45) is 0 Å². The third kappa shape index (κ3) is 1.35. The van der Waals surface area contributed by atoms with E-state index in [-0.39, 0.29) is 0 Å². The van der Waals surface area contributed by atoms with Crippen LogP contribution in [0, 0.1) is 11.3 Å². The van der Waals surface area contributed by atoms with Crippen molar-refractivity contribution >= 4 is 0 Å². The van der Waals surface area contributed by atoms with Gasteiger partial charge in [0.25, 0.3) is 0 Å². The average molecular weight is 187 g/mol. The van der Waals surface area contributed by atoms with E-state index in [0.29, 0.717) is 5.56 Å². The molecule has 1 heterocycles. The summed E-state index contributed by atoms with van der Waals surface area (Å²) in [6.45, 7) is 2.88. The molecule has 2 nitrogen and oxygen atoms in total. The first kappa shape index (κ1) is 9.08. The van der Waals surface area contributed by atoms with Crippen LogP contribution in [0.25, 0.3) is 0 Å². The first-order valence-corrected chi connectivity index (χ1v) is 5.04. The molecule has 0 saturated carbocycles. The summed E-state index contributed by atoms with van der Waals surface area (Å²) in [6.07, 6.45) is 3.13. The highest BCUT2D eigenvalue weighted by molar-refractivity contribution is 5.52. The number of hydrogen-bond acceptors (Lipinski definition) is 2. The largest absolute Gasteiger partial charge is 0.492 e. The van der Waals surface area contributed by atoms with Gasteiger partial charge in [-0.3, -0.25) is 0 Å². The maximum Gasteiger partial charge on any atom is 0.140 e. The van der Waals surface area contributed by atoms with E-state index in [1.54, 1.807) is 0 Å². The lowest BCUT2D eigenvalue weighted by molar-refractivity contribution is 0.286. The molecular formula is C12H13NO. The topological polar surface area (TPSA) is 33.0 Å². The van der Waals surface area contributed by atoms with Gasteiger partial charge in [-0.05, 0) is 36.5 Å². The fourth-order valence-electron chi connectivity index (χ4n) is 1.95. The van der Waals surface area contributed by atoms with Crippen LogP contribution in [-0.4, -0.2) is 6.61 Å². The molecule has 72 valence electrons. The molecule has 0 bridgehead atoms. The molecule has 0 N–H and O–H groups in total. The van der Waals surface area contributed by atoms with Gasteiger partial charge in [0.2, 0.25) is 0 Å². The van der Waals surface area contributed by atoms with E-state index < -0.39 is 0 Å². The second-order valence-electron chi connectivity index (χ2n) is 3.50. The van der Waals surface area contributed by atoms with E-state index in [2.05, 4.69) is 13.0 Å². The molecule has 0 aliphatic carbocycles. The van der Waals surface area contributed by atoms with Crippen LogP contribution >= 0.6 is 0 Å². The summed E-state index contributed by atoms with van der Waals surface area (Å²) < 4.78 is 5.57. The van der Waals surface area contributed by atoms with Gasteiger partial charge in [0.1, 0.15) is 11.8 Å². The minimum atomic E-state index is 0.678. The second-order valence-corrected chi connectivity index (χ2v) is 3.50. The summed E-state index contributed by atoms with van der Waals surface area (Å²) in [5.74, 6) is 0.832. The van der Waals surface area contributed by atoms with Gasteiger partial charge in [-0.15, -0.1) is 0 Å². The number of hydrogen-bond donors (Lipinski definition) is 0. The molecule has 0 fully saturated rings. The van der Waals surface area contributed by atoms with Crippen molar-refractivity contribution in [2.75, 3.05) is 6.61 Å². The molecule has 0 radical (unpaired) electrons. The van der Waals surface area contributed by atoms with E-state index in [4.69, 9.17) is 10.00 Å². The Labute approximate surface area is 84.1 Å². The van der Waals surface area contributed by atoms with E-state index in [0.717, 1.165) is 31.6 Å². The molecule has 1 aromatic rings. The predicted octanol–water partition coefficient (Wildman–Crippen LogP) is 2.45. The maximum atomic E-state index is 8.93. The monoisotopic (exact) mass is 187 g/mol. The molecule has 1 aromatic carbocycles. The Hall–Kier alpha value is -1.49. The summed E-state index contributed by atoms with van der Waals surface area (Å²) in [5, 5.41) is 8.93. The fourth-order valence-corrected chi connectivity index (χ4v) is 1.95. The molecule has 0 unspecified atom stereocenters. The molecule has 0 atom stereocenters.